The highest BCUT2D eigenvalue weighted by Crippen LogP contribution is 2.66. The van der Waals surface area contributed by atoms with E-state index < -0.39 is 30.1 Å². The number of halogens is 1. The fourth-order valence-electron chi connectivity index (χ4n) is 6.03. The zero-order valence-electron chi connectivity index (χ0n) is 17.4. The second-order valence-electron chi connectivity index (χ2n) is 8.02. The molecule has 5 rings (SSSR count). The second-order valence-corrected chi connectivity index (χ2v) is 8.02. The number of hydrogen-bond donors (Lipinski definition) is 2. The lowest BCUT2D eigenvalue weighted by molar-refractivity contribution is -0.925. The maximum Gasteiger partial charge on any atom is 0.175 e. The zero-order valence-corrected chi connectivity index (χ0v) is 16.0. The molecule has 2 aliphatic heterocycles. The van der Waals surface area contributed by atoms with E-state index in [-0.39, 0.29) is 58.1 Å². The summed E-state index contributed by atoms with van der Waals surface area (Å²) in [7, 11) is 0. The van der Waals surface area contributed by atoms with E-state index in [4.69, 9.17) is 8.85 Å². The van der Waals surface area contributed by atoms with Crippen LogP contribution in [0.25, 0.3) is 0 Å². The van der Waals surface area contributed by atoms with Crippen LogP contribution in [0.3, 0.4) is 0 Å². The summed E-state index contributed by atoms with van der Waals surface area (Å²) >= 11 is 0. The first-order valence-corrected chi connectivity index (χ1v) is 8.87. The Morgan fingerprint density at radius 2 is 2.35 bits per heavy atom. The number of ether oxygens (including phenoxy) is 1. The summed E-state index contributed by atoms with van der Waals surface area (Å²) < 4.78 is 30.9. The minimum absolute atomic E-state index is 0. The number of aliphatic hydroxyl groups is 1. The van der Waals surface area contributed by atoms with Gasteiger partial charge < -0.3 is 36.4 Å². The highest BCUT2D eigenvalue weighted by Gasteiger charge is 2.80. The molecule has 0 radical (unpaired) electrons. The van der Waals surface area contributed by atoms with Crippen molar-refractivity contribution in [2.24, 2.45) is 0 Å². The van der Waals surface area contributed by atoms with Crippen LogP contribution in [0.15, 0.2) is 24.8 Å². The van der Waals surface area contributed by atoms with Crippen molar-refractivity contribution >= 4 is 5.78 Å². The van der Waals surface area contributed by atoms with Gasteiger partial charge in [0.1, 0.15) is 17.1 Å². The Morgan fingerprint density at radius 3 is 3.08 bits per heavy atom. The van der Waals surface area contributed by atoms with Crippen molar-refractivity contribution in [3.63, 3.8) is 0 Å². The number of quaternary nitrogens is 1. The van der Waals surface area contributed by atoms with Crippen molar-refractivity contribution in [3.05, 3.63) is 35.9 Å². The first-order valence-electron chi connectivity index (χ1n) is 10.4. The van der Waals surface area contributed by atoms with Gasteiger partial charge in [-0.25, -0.2) is 0 Å². The maximum absolute atomic E-state index is 12.9. The van der Waals surface area contributed by atoms with Crippen LogP contribution >= 0.6 is 0 Å². The molecule has 26 heavy (non-hydrogen) atoms. The van der Waals surface area contributed by atoms with Crippen molar-refractivity contribution in [2.75, 3.05) is 20.1 Å². The highest BCUT2D eigenvalue weighted by atomic mass is 79.9. The van der Waals surface area contributed by atoms with Crippen molar-refractivity contribution in [1.82, 2.24) is 0 Å². The first-order chi connectivity index (χ1) is 13.1. The molecule has 2 bridgehead atoms. The fourth-order valence-corrected chi connectivity index (χ4v) is 6.03. The van der Waals surface area contributed by atoms with Crippen LogP contribution in [0.1, 0.15) is 34.5 Å². The molecule has 2 N–H and O–H groups in total. The molecular formula is C20H24BrNO4. The third kappa shape index (κ3) is 1.76. The topological polar surface area (TPSA) is 66.8 Å². The van der Waals surface area contributed by atoms with Crippen molar-refractivity contribution < 1.29 is 45.3 Å². The number of likely N-dealkylation sites (tertiary alicyclic amines) is 1. The maximum atomic E-state index is 12.9. The molecule has 2 unspecified atom stereocenters. The van der Waals surface area contributed by atoms with E-state index in [9.17, 15) is 15.0 Å². The molecule has 1 spiro atoms. The summed E-state index contributed by atoms with van der Waals surface area (Å²) in [6, 6.07) is 2.74. The molecule has 5 nitrogen and oxygen atoms in total. The Hall–Kier alpha value is -1.37. The Morgan fingerprint density at radius 1 is 1.54 bits per heavy atom. The van der Waals surface area contributed by atoms with E-state index in [0.29, 0.717) is 24.9 Å². The van der Waals surface area contributed by atoms with Gasteiger partial charge in [0, 0.05) is 24.8 Å². The molecule has 1 aromatic carbocycles. The molecule has 1 saturated heterocycles. The summed E-state index contributed by atoms with van der Waals surface area (Å²) in [6.45, 7) is 1.79. The third-order valence-corrected chi connectivity index (χ3v) is 7.00. The van der Waals surface area contributed by atoms with Crippen molar-refractivity contribution in [2.45, 2.75) is 48.8 Å². The monoisotopic (exact) mass is 424 g/mol. The smallest absolute Gasteiger partial charge is 0.175 e. The van der Waals surface area contributed by atoms with Gasteiger partial charge in [-0.3, -0.25) is 4.79 Å². The van der Waals surface area contributed by atoms with Crippen LogP contribution in [0.2, 0.25) is 0 Å². The van der Waals surface area contributed by atoms with Crippen LogP contribution in [0.5, 0.6) is 11.5 Å². The fraction of sp³-hybridized carbons (Fsp3) is 0.550. The van der Waals surface area contributed by atoms with E-state index in [1.807, 2.05) is 0 Å². The quantitative estimate of drug-likeness (QED) is 0.455. The first kappa shape index (κ1) is 14.7. The molecule has 5 atom stereocenters. The molecule has 0 amide bonds. The highest BCUT2D eigenvalue weighted by molar-refractivity contribution is 5.90. The molecule has 1 saturated carbocycles. The number of Topliss-reactive ketones (excluding diaryl/α,β-unsaturated/α-hetero) is 1. The van der Waals surface area contributed by atoms with Gasteiger partial charge in [-0.2, -0.15) is 0 Å². The van der Waals surface area contributed by atoms with E-state index in [0.717, 1.165) is 5.56 Å². The van der Waals surface area contributed by atoms with Crippen LogP contribution < -0.4 is 21.7 Å². The number of benzene rings is 1. The van der Waals surface area contributed by atoms with E-state index >= 15 is 0 Å². The minimum Gasteiger partial charge on any atom is -1.00 e. The zero-order chi connectivity index (χ0) is 20.1. The number of phenolic OH excluding ortho intramolecular Hbond substituents is 1. The standard InChI is InChI=1S/C20H23NO4.BrH/c1-3-4-9-21(2)11-19-16-12-5-6-13(22)17(16)25-18(19)14(23)7-8-20(19,24)15(21)10-12;/h3,5-6,15,18,24H,1,4,7-11H2,2H3;1H/t15?,18?,19-,20+,21-;/m0./s1/i2D3;. The Bertz CT molecular complexity index is 922. The number of aromatic hydroxyl groups is 1. The van der Waals surface area contributed by atoms with Crippen molar-refractivity contribution in [3.8, 4) is 11.5 Å². The number of ketones is 1. The van der Waals surface area contributed by atoms with E-state index in [1.165, 1.54) is 6.07 Å². The number of likely N-dealkylation sites (N-methyl/N-ethyl adjacent to an activating group) is 1. The Balaban J connectivity index is 0.00000205. The molecule has 2 fully saturated rings. The molecule has 0 aromatic heterocycles. The summed E-state index contributed by atoms with van der Waals surface area (Å²) in [5, 5.41) is 22.4. The largest absolute Gasteiger partial charge is 1.00 e. The number of rotatable bonds is 3. The number of carbonyl (C=O) groups is 1. The number of carbonyl (C=O) groups excluding carboxylic acids is 1. The third-order valence-electron chi connectivity index (χ3n) is 7.00. The van der Waals surface area contributed by atoms with E-state index in [1.54, 1.807) is 12.1 Å². The molecule has 2 aliphatic carbocycles. The van der Waals surface area contributed by atoms with Crippen LogP contribution in [-0.4, -0.2) is 58.3 Å². The molecule has 140 valence electrons. The van der Waals surface area contributed by atoms with Gasteiger partial charge >= 0.3 is 0 Å². The Kier molecular flexibility index (Phi) is 3.01. The van der Waals surface area contributed by atoms with Crippen LogP contribution in [0, 0.1) is 0 Å². The van der Waals surface area contributed by atoms with Gasteiger partial charge in [0.25, 0.3) is 0 Å². The molecule has 2 heterocycles. The lowest BCUT2D eigenvalue weighted by atomic mass is 9.54. The van der Waals surface area contributed by atoms with Gasteiger partial charge in [-0.15, -0.1) is 6.58 Å². The van der Waals surface area contributed by atoms with Crippen molar-refractivity contribution in [1.29, 1.82) is 0 Å². The summed E-state index contributed by atoms with van der Waals surface area (Å²) in [4.78, 5) is 12.9. The van der Waals surface area contributed by atoms with Crippen LogP contribution in [0.4, 0.5) is 0 Å². The predicted octanol–water partition coefficient (Wildman–Crippen LogP) is -1.55. The van der Waals surface area contributed by atoms with Gasteiger partial charge in [0.05, 0.1) is 24.2 Å². The lowest BCUT2D eigenvalue weighted by Crippen LogP contribution is -3.00. The van der Waals surface area contributed by atoms with Crippen LogP contribution in [-0.2, 0) is 16.6 Å². The number of phenols is 1. The second kappa shape index (κ2) is 5.33. The summed E-state index contributed by atoms with van der Waals surface area (Å²) in [6.07, 6.45) is 1.97. The van der Waals surface area contributed by atoms with Gasteiger partial charge in [-0.1, -0.05) is 12.1 Å². The normalized spacial score (nSPS) is 43.4. The van der Waals surface area contributed by atoms with Gasteiger partial charge in [-0.05, 0) is 18.1 Å². The average molecular weight is 425 g/mol. The molecule has 4 aliphatic rings. The van der Waals surface area contributed by atoms with Gasteiger partial charge in [0.2, 0.25) is 0 Å². The van der Waals surface area contributed by atoms with E-state index in [2.05, 4.69) is 6.58 Å². The molecule has 1 aromatic rings. The molecule has 6 heteroatoms. The average Bonchev–Trinajstić information content (AvgIpc) is 3.04. The minimum atomic E-state index is -2.37. The Labute approximate surface area is 167 Å². The molecular weight excluding hydrogens is 398 g/mol. The SMILES string of the molecule is [2H]C([2H])([2H])[N@+]1(CCC=C)C[C@]23c4c5ccc(O)c4OC2C(=O)CC[C@@]3(O)C1C5.[Br-]. The summed E-state index contributed by atoms with van der Waals surface area (Å²) in [5.41, 5.74) is -0.994. The summed E-state index contributed by atoms with van der Waals surface area (Å²) in [5.74, 6) is 0.0334. The number of nitrogens with zero attached hydrogens (tertiary/aromatic N) is 1. The lowest BCUT2D eigenvalue weighted by Gasteiger charge is -2.48. The van der Waals surface area contributed by atoms with Gasteiger partial charge in [0.15, 0.2) is 23.4 Å². The predicted molar refractivity (Wildman–Crippen MR) is 91.6 cm³/mol. The number of hydrogen-bond acceptors (Lipinski definition) is 4.